The first-order chi connectivity index (χ1) is 17.2. The van der Waals surface area contributed by atoms with Crippen molar-refractivity contribution in [2.24, 2.45) is 0 Å². The van der Waals surface area contributed by atoms with Gasteiger partial charge in [0.25, 0.3) is 5.91 Å². The Kier molecular flexibility index (Phi) is 7.05. The van der Waals surface area contributed by atoms with Gasteiger partial charge < -0.3 is 25.0 Å². The van der Waals surface area contributed by atoms with Crippen LogP contribution in [0, 0.1) is 0 Å². The zero-order valence-corrected chi connectivity index (χ0v) is 19.4. The molecule has 1 amide bonds. The van der Waals surface area contributed by atoms with Crippen molar-refractivity contribution in [2.45, 2.75) is 6.18 Å². The van der Waals surface area contributed by atoms with Crippen molar-refractivity contribution in [3.63, 3.8) is 0 Å². The van der Waals surface area contributed by atoms with Crippen molar-refractivity contribution in [3.8, 4) is 5.75 Å². The summed E-state index contributed by atoms with van der Waals surface area (Å²) in [5, 5.41) is 12.5. The molecule has 10 heteroatoms. The zero-order chi connectivity index (χ0) is 25.9. The minimum absolute atomic E-state index is 0.0232. The Morgan fingerprint density at radius 3 is 2.19 bits per heavy atom. The van der Waals surface area contributed by atoms with Crippen LogP contribution < -0.4 is 19.9 Å². The van der Waals surface area contributed by atoms with Gasteiger partial charge >= 0.3 is 12.1 Å². The van der Waals surface area contributed by atoms with Gasteiger partial charge in [0.2, 0.25) is 0 Å². The maximum atomic E-state index is 13.1. The Hall–Kier alpha value is -4.21. The average molecular weight is 499 g/mol. The highest BCUT2D eigenvalue weighted by Crippen LogP contribution is 2.32. The number of hydrogen-bond donors (Lipinski definition) is 2. The number of nitrogens with one attached hydrogen (secondary N) is 1. The lowest BCUT2D eigenvalue weighted by molar-refractivity contribution is -0.137. The molecule has 0 saturated carbocycles. The highest BCUT2D eigenvalue weighted by molar-refractivity contribution is 6.05. The van der Waals surface area contributed by atoms with Crippen LogP contribution in [0.25, 0.3) is 0 Å². The van der Waals surface area contributed by atoms with E-state index in [1.165, 1.54) is 19.2 Å². The topological polar surface area (TPSA) is 82.1 Å². The van der Waals surface area contributed by atoms with Gasteiger partial charge in [-0.05, 0) is 60.7 Å². The number of methoxy groups -OCH3 is 1. The average Bonchev–Trinajstić information content (AvgIpc) is 2.88. The van der Waals surface area contributed by atoms with Gasteiger partial charge in [-0.15, -0.1) is 0 Å². The number of piperazine rings is 1. The molecule has 0 aromatic heterocycles. The summed E-state index contributed by atoms with van der Waals surface area (Å²) < 4.78 is 44.3. The summed E-state index contributed by atoms with van der Waals surface area (Å²) in [5.41, 5.74) is 0.994. The number of carboxylic acids is 1. The summed E-state index contributed by atoms with van der Waals surface area (Å²) in [6.45, 7) is 1.70. The first-order valence-electron chi connectivity index (χ1n) is 11.2. The molecule has 1 fully saturated rings. The number of carboxylic acid groups (broad SMARTS) is 1. The van der Waals surface area contributed by atoms with Crippen LogP contribution in [-0.4, -0.2) is 50.3 Å². The molecular weight excluding hydrogens is 475 g/mol. The predicted octanol–water partition coefficient (Wildman–Crippen LogP) is 4.99. The molecule has 1 heterocycles. The van der Waals surface area contributed by atoms with Gasteiger partial charge in [0.15, 0.2) is 0 Å². The smallest absolute Gasteiger partial charge is 0.416 e. The number of anilines is 3. The maximum absolute atomic E-state index is 13.1. The molecule has 1 saturated heterocycles. The SMILES string of the molecule is COc1ccc(C(=O)Nc2ccc(N3CCN(c4cccc(C(F)(F)F)c4)CC3)c(C(=O)O)c2)cc1. The molecule has 4 rings (SSSR count). The van der Waals surface area contributed by atoms with E-state index in [1.54, 1.807) is 42.5 Å². The summed E-state index contributed by atoms with van der Waals surface area (Å²) in [4.78, 5) is 28.3. The first kappa shape index (κ1) is 24.9. The van der Waals surface area contributed by atoms with Crippen molar-refractivity contribution < 1.29 is 32.6 Å². The van der Waals surface area contributed by atoms with E-state index in [9.17, 15) is 27.9 Å². The lowest BCUT2D eigenvalue weighted by Gasteiger charge is -2.38. The largest absolute Gasteiger partial charge is 0.497 e. The number of ether oxygens (including phenoxy) is 1. The second kappa shape index (κ2) is 10.2. The fraction of sp³-hybridized carbons (Fsp3) is 0.231. The van der Waals surface area contributed by atoms with Crippen LogP contribution in [0.5, 0.6) is 5.75 Å². The number of carbonyl (C=O) groups excluding carboxylic acids is 1. The molecule has 1 aliphatic heterocycles. The number of nitrogens with zero attached hydrogens (tertiary/aromatic N) is 2. The van der Waals surface area contributed by atoms with Gasteiger partial charge in [0, 0.05) is 43.1 Å². The van der Waals surface area contributed by atoms with Crippen LogP contribution in [0.3, 0.4) is 0 Å². The monoisotopic (exact) mass is 499 g/mol. The summed E-state index contributed by atoms with van der Waals surface area (Å²) in [7, 11) is 1.52. The van der Waals surface area contributed by atoms with Crippen molar-refractivity contribution in [3.05, 3.63) is 83.4 Å². The Balaban J connectivity index is 1.46. The lowest BCUT2D eigenvalue weighted by Crippen LogP contribution is -2.47. The third kappa shape index (κ3) is 5.54. The molecule has 0 unspecified atom stereocenters. The minimum atomic E-state index is -4.42. The van der Waals surface area contributed by atoms with Crippen LogP contribution in [0.2, 0.25) is 0 Å². The van der Waals surface area contributed by atoms with Gasteiger partial charge in [0.1, 0.15) is 5.75 Å². The highest BCUT2D eigenvalue weighted by Gasteiger charge is 2.31. The first-order valence-corrected chi connectivity index (χ1v) is 11.2. The van der Waals surface area contributed by atoms with E-state index in [0.717, 1.165) is 12.1 Å². The minimum Gasteiger partial charge on any atom is -0.497 e. The maximum Gasteiger partial charge on any atom is 0.416 e. The second-order valence-corrected chi connectivity index (χ2v) is 8.24. The quantitative estimate of drug-likeness (QED) is 0.497. The van der Waals surface area contributed by atoms with Crippen molar-refractivity contribution >= 4 is 28.9 Å². The van der Waals surface area contributed by atoms with Gasteiger partial charge in [0.05, 0.1) is 23.9 Å². The van der Waals surface area contributed by atoms with Crippen LogP contribution in [0.15, 0.2) is 66.7 Å². The van der Waals surface area contributed by atoms with Gasteiger partial charge in [-0.25, -0.2) is 4.79 Å². The standard InChI is InChI=1S/C26H24F3N3O4/c1-36-21-8-5-17(6-9-21)24(33)30-19-7-10-23(22(16-19)25(34)35)32-13-11-31(12-14-32)20-4-2-3-18(15-20)26(27,28)29/h2-10,15-16H,11-14H2,1H3,(H,30,33)(H,34,35). The summed E-state index contributed by atoms with van der Waals surface area (Å²) in [6.07, 6.45) is -4.42. The molecule has 1 aliphatic rings. The zero-order valence-electron chi connectivity index (χ0n) is 19.4. The van der Waals surface area contributed by atoms with E-state index in [-0.39, 0.29) is 5.56 Å². The van der Waals surface area contributed by atoms with E-state index in [2.05, 4.69) is 5.32 Å². The van der Waals surface area contributed by atoms with Gasteiger partial charge in [-0.2, -0.15) is 13.2 Å². The molecule has 0 bridgehead atoms. The molecular formula is C26H24F3N3O4. The Morgan fingerprint density at radius 2 is 1.58 bits per heavy atom. The Morgan fingerprint density at radius 1 is 0.917 bits per heavy atom. The number of aromatic carboxylic acids is 1. The van der Waals surface area contributed by atoms with Crippen LogP contribution in [0.1, 0.15) is 26.3 Å². The number of alkyl halides is 3. The fourth-order valence-electron chi connectivity index (χ4n) is 4.09. The molecule has 3 aromatic rings. The van der Waals surface area contributed by atoms with Crippen LogP contribution in [-0.2, 0) is 6.18 Å². The number of carbonyl (C=O) groups is 2. The van der Waals surface area contributed by atoms with E-state index in [0.29, 0.717) is 54.6 Å². The molecule has 188 valence electrons. The summed E-state index contributed by atoms with van der Waals surface area (Å²) in [6, 6.07) is 16.3. The molecule has 2 N–H and O–H groups in total. The summed E-state index contributed by atoms with van der Waals surface area (Å²) in [5.74, 6) is -0.931. The highest BCUT2D eigenvalue weighted by atomic mass is 19.4. The summed E-state index contributed by atoms with van der Waals surface area (Å²) >= 11 is 0. The lowest BCUT2D eigenvalue weighted by atomic mass is 10.1. The molecule has 3 aromatic carbocycles. The fourth-order valence-corrected chi connectivity index (χ4v) is 4.09. The third-order valence-corrected chi connectivity index (χ3v) is 6.00. The molecule has 0 atom stereocenters. The molecule has 36 heavy (non-hydrogen) atoms. The van der Waals surface area contributed by atoms with Crippen LogP contribution in [0.4, 0.5) is 30.2 Å². The molecule has 0 spiro atoms. The van der Waals surface area contributed by atoms with Crippen molar-refractivity contribution in [1.82, 2.24) is 0 Å². The van der Waals surface area contributed by atoms with Gasteiger partial charge in [-0.3, -0.25) is 4.79 Å². The van der Waals surface area contributed by atoms with E-state index in [4.69, 9.17) is 4.74 Å². The second-order valence-electron chi connectivity index (χ2n) is 8.24. The van der Waals surface area contributed by atoms with Crippen molar-refractivity contribution in [1.29, 1.82) is 0 Å². The molecule has 0 aliphatic carbocycles. The van der Waals surface area contributed by atoms with Crippen molar-refractivity contribution in [2.75, 3.05) is 48.4 Å². The van der Waals surface area contributed by atoms with Crippen LogP contribution >= 0.6 is 0 Å². The number of amides is 1. The number of rotatable bonds is 6. The third-order valence-electron chi connectivity index (χ3n) is 6.00. The predicted molar refractivity (Wildman–Crippen MR) is 130 cm³/mol. The van der Waals surface area contributed by atoms with Gasteiger partial charge in [-0.1, -0.05) is 6.07 Å². The number of halogens is 3. The van der Waals surface area contributed by atoms with E-state index < -0.39 is 23.6 Å². The molecule has 0 radical (unpaired) electrons. The number of benzene rings is 3. The Bertz CT molecular complexity index is 1250. The number of hydrogen-bond acceptors (Lipinski definition) is 5. The normalized spacial score (nSPS) is 13.9. The Labute approximate surface area is 205 Å². The van der Waals surface area contributed by atoms with E-state index >= 15 is 0 Å². The molecule has 7 nitrogen and oxygen atoms in total. The van der Waals surface area contributed by atoms with E-state index in [1.807, 2.05) is 9.80 Å².